The number of halogens is 1. The Labute approximate surface area is 110 Å². The molecule has 18 heavy (non-hydrogen) atoms. The van der Waals surface area contributed by atoms with Crippen LogP contribution in [0.4, 0.5) is 4.79 Å². The Hall–Kier alpha value is -2.15. The molecule has 6 nitrogen and oxygen atoms in total. The Morgan fingerprint density at radius 1 is 1.11 bits per heavy atom. The van der Waals surface area contributed by atoms with Crippen molar-refractivity contribution >= 4 is 39.9 Å². The lowest BCUT2D eigenvalue weighted by Crippen LogP contribution is -2.51. The summed E-state index contributed by atoms with van der Waals surface area (Å²) in [7, 11) is 0. The third-order valence-electron chi connectivity index (χ3n) is 2.23. The highest BCUT2D eigenvalue weighted by molar-refractivity contribution is 9.10. The van der Waals surface area contributed by atoms with E-state index in [9.17, 15) is 19.5 Å². The van der Waals surface area contributed by atoms with Crippen LogP contribution in [0.1, 0.15) is 5.56 Å². The van der Waals surface area contributed by atoms with Crippen LogP contribution in [0.2, 0.25) is 0 Å². The van der Waals surface area contributed by atoms with Gasteiger partial charge < -0.3 is 5.11 Å². The lowest BCUT2D eigenvalue weighted by Gasteiger charge is -2.14. The van der Waals surface area contributed by atoms with Crippen LogP contribution in [-0.2, 0) is 9.59 Å². The molecule has 0 radical (unpaired) electrons. The number of barbiturate groups is 1. The molecule has 1 heterocycles. The summed E-state index contributed by atoms with van der Waals surface area (Å²) in [5, 5.41) is 13.5. The number of imide groups is 2. The first-order valence-electron chi connectivity index (χ1n) is 4.84. The van der Waals surface area contributed by atoms with Gasteiger partial charge in [0, 0.05) is 10.0 Å². The van der Waals surface area contributed by atoms with Crippen LogP contribution in [0, 0.1) is 0 Å². The van der Waals surface area contributed by atoms with Gasteiger partial charge in [0.15, 0.2) is 0 Å². The van der Waals surface area contributed by atoms with Crippen LogP contribution >= 0.6 is 15.9 Å². The number of hydrogen-bond acceptors (Lipinski definition) is 4. The Morgan fingerprint density at radius 3 is 2.33 bits per heavy atom. The molecule has 0 bridgehead atoms. The van der Waals surface area contributed by atoms with Crippen molar-refractivity contribution in [1.29, 1.82) is 0 Å². The Balaban J connectivity index is 2.43. The van der Waals surface area contributed by atoms with Gasteiger partial charge in [-0.3, -0.25) is 20.2 Å². The molecule has 0 aliphatic carbocycles. The zero-order valence-electron chi connectivity index (χ0n) is 8.86. The molecule has 3 N–H and O–H groups in total. The number of phenols is 1. The highest BCUT2D eigenvalue weighted by Crippen LogP contribution is 2.24. The molecule has 1 aliphatic heterocycles. The molecule has 7 heteroatoms. The van der Waals surface area contributed by atoms with E-state index in [4.69, 9.17) is 0 Å². The molecule has 0 atom stereocenters. The summed E-state index contributed by atoms with van der Waals surface area (Å²) < 4.78 is 0.680. The molecule has 2 rings (SSSR count). The second kappa shape index (κ2) is 4.61. The average molecular weight is 311 g/mol. The largest absolute Gasteiger partial charge is 0.507 e. The number of benzene rings is 1. The lowest BCUT2D eigenvalue weighted by atomic mass is 10.1. The lowest BCUT2D eigenvalue weighted by molar-refractivity contribution is -0.123. The molecule has 0 spiro atoms. The number of rotatable bonds is 1. The smallest absolute Gasteiger partial charge is 0.328 e. The molecule has 4 amide bonds. The second-order valence-corrected chi connectivity index (χ2v) is 4.41. The molecule has 1 aromatic carbocycles. The quantitative estimate of drug-likeness (QED) is 0.530. The van der Waals surface area contributed by atoms with Gasteiger partial charge in [-0.25, -0.2) is 4.79 Å². The van der Waals surface area contributed by atoms with E-state index in [2.05, 4.69) is 15.9 Å². The molecule has 1 fully saturated rings. The molecule has 92 valence electrons. The van der Waals surface area contributed by atoms with Crippen LogP contribution in [0.5, 0.6) is 5.75 Å². The van der Waals surface area contributed by atoms with Gasteiger partial charge in [0.2, 0.25) is 0 Å². The number of urea groups is 1. The summed E-state index contributed by atoms with van der Waals surface area (Å²) in [6.07, 6.45) is 1.21. The van der Waals surface area contributed by atoms with E-state index in [1.807, 2.05) is 10.6 Å². The fraction of sp³-hybridized carbons (Fsp3) is 0. The topological polar surface area (TPSA) is 95.5 Å². The zero-order valence-corrected chi connectivity index (χ0v) is 10.4. The number of hydrogen-bond donors (Lipinski definition) is 3. The normalized spacial score (nSPS) is 15.2. The number of phenolic OH excluding ortho intramolecular Hbond substituents is 1. The maximum atomic E-state index is 11.5. The van der Waals surface area contributed by atoms with E-state index in [-0.39, 0.29) is 11.3 Å². The predicted octanol–water partition coefficient (Wildman–Crippen LogP) is 0.904. The van der Waals surface area contributed by atoms with Crippen LogP contribution in [-0.4, -0.2) is 23.0 Å². The van der Waals surface area contributed by atoms with Crippen molar-refractivity contribution < 1.29 is 19.5 Å². The molecule has 1 aromatic rings. The van der Waals surface area contributed by atoms with Crippen molar-refractivity contribution in [2.45, 2.75) is 0 Å². The van der Waals surface area contributed by atoms with E-state index in [0.29, 0.717) is 10.0 Å². The first-order chi connectivity index (χ1) is 8.47. The third kappa shape index (κ3) is 2.40. The number of carbonyl (C=O) groups is 3. The maximum absolute atomic E-state index is 11.5. The molecule has 0 unspecified atom stereocenters. The fourth-order valence-electron chi connectivity index (χ4n) is 1.40. The van der Waals surface area contributed by atoms with Gasteiger partial charge in [0.1, 0.15) is 11.3 Å². The van der Waals surface area contributed by atoms with E-state index in [1.54, 1.807) is 12.1 Å². The summed E-state index contributed by atoms with van der Waals surface area (Å²) in [5.41, 5.74) is 0.0435. The van der Waals surface area contributed by atoms with Crippen LogP contribution in [0.3, 0.4) is 0 Å². The van der Waals surface area contributed by atoms with Gasteiger partial charge in [0.05, 0.1) is 0 Å². The zero-order chi connectivity index (χ0) is 13.3. The van der Waals surface area contributed by atoms with Gasteiger partial charge in [-0.1, -0.05) is 15.9 Å². The van der Waals surface area contributed by atoms with Crippen LogP contribution in [0.15, 0.2) is 28.2 Å². The van der Waals surface area contributed by atoms with E-state index >= 15 is 0 Å². The highest BCUT2D eigenvalue weighted by Gasteiger charge is 2.27. The standard InChI is InChI=1S/C11H7BrN2O4/c12-6-1-2-8(15)5(3-6)4-7-9(16)13-11(18)14-10(7)17/h1-4,15H,(H2,13,14,16,17,18). The summed E-state index contributed by atoms with van der Waals surface area (Å²) >= 11 is 3.21. The Bertz CT molecular complexity index is 573. The number of carbonyl (C=O) groups excluding carboxylic acids is 3. The van der Waals surface area contributed by atoms with E-state index in [1.165, 1.54) is 12.1 Å². The maximum Gasteiger partial charge on any atom is 0.328 e. The molecular formula is C11H7BrN2O4. The third-order valence-corrected chi connectivity index (χ3v) is 2.73. The summed E-state index contributed by atoms with van der Waals surface area (Å²) in [5.74, 6) is -1.69. The van der Waals surface area contributed by atoms with Crippen LogP contribution < -0.4 is 10.6 Å². The van der Waals surface area contributed by atoms with Crippen LogP contribution in [0.25, 0.3) is 6.08 Å². The number of nitrogens with one attached hydrogen (secondary N) is 2. The van der Waals surface area contributed by atoms with Crippen molar-refractivity contribution in [3.63, 3.8) is 0 Å². The second-order valence-electron chi connectivity index (χ2n) is 3.50. The average Bonchev–Trinajstić information content (AvgIpc) is 2.28. The minimum atomic E-state index is -0.861. The van der Waals surface area contributed by atoms with E-state index < -0.39 is 17.8 Å². The molecule has 1 saturated heterocycles. The summed E-state index contributed by atoms with van der Waals surface area (Å²) in [6.45, 7) is 0. The monoisotopic (exact) mass is 310 g/mol. The van der Waals surface area contributed by atoms with Crippen molar-refractivity contribution in [3.05, 3.63) is 33.8 Å². The van der Waals surface area contributed by atoms with Crippen molar-refractivity contribution in [3.8, 4) is 5.75 Å². The molecule has 0 saturated carbocycles. The minimum Gasteiger partial charge on any atom is -0.507 e. The van der Waals surface area contributed by atoms with Gasteiger partial charge in [-0.05, 0) is 24.3 Å². The molecule has 1 aliphatic rings. The number of aromatic hydroxyl groups is 1. The Morgan fingerprint density at radius 2 is 1.72 bits per heavy atom. The van der Waals surface area contributed by atoms with Gasteiger partial charge in [-0.15, -0.1) is 0 Å². The van der Waals surface area contributed by atoms with Crippen molar-refractivity contribution in [2.24, 2.45) is 0 Å². The fourth-order valence-corrected chi connectivity index (χ4v) is 1.78. The van der Waals surface area contributed by atoms with Gasteiger partial charge in [-0.2, -0.15) is 0 Å². The molecule has 0 aromatic heterocycles. The summed E-state index contributed by atoms with van der Waals surface area (Å²) in [6, 6.07) is 3.71. The predicted molar refractivity (Wildman–Crippen MR) is 65.5 cm³/mol. The minimum absolute atomic E-state index is 0.0804. The molecular weight excluding hydrogens is 304 g/mol. The van der Waals surface area contributed by atoms with Crippen molar-refractivity contribution in [1.82, 2.24) is 10.6 Å². The first kappa shape index (κ1) is 12.3. The van der Waals surface area contributed by atoms with Crippen molar-refractivity contribution in [2.75, 3.05) is 0 Å². The highest BCUT2D eigenvalue weighted by atomic mass is 79.9. The Kier molecular flexibility index (Phi) is 3.15. The van der Waals surface area contributed by atoms with E-state index in [0.717, 1.165) is 0 Å². The first-order valence-corrected chi connectivity index (χ1v) is 5.63. The van der Waals surface area contributed by atoms with Gasteiger partial charge >= 0.3 is 6.03 Å². The SMILES string of the molecule is O=C1NC(=O)C(=Cc2cc(Br)ccc2O)C(=O)N1. The summed E-state index contributed by atoms with van der Waals surface area (Å²) in [4.78, 5) is 33.8. The number of amides is 4. The van der Waals surface area contributed by atoms with Gasteiger partial charge in [0.25, 0.3) is 11.8 Å².